The van der Waals surface area contributed by atoms with Crippen LogP contribution in [-0.2, 0) is 11.2 Å². The topological polar surface area (TPSA) is 95.1 Å². The molecule has 32 heavy (non-hydrogen) atoms. The summed E-state index contributed by atoms with van der Waals surface area (Å²) >= 11 is 1.53. The van der Waals surface area contributed by atoms with Crippen molar-refractivity contribution >= 4 is 35.3 Å². The summed E-state index contributed by atoms with van der Waals surface area (Å²) in [6.45, 7) is 0. The van der Waals surface area contributed by atoms with E-state index >= 15 is 0 Å². The minimum absolute atomic E-state index is 0.307. The Morgan fingerprint density at radius 2 is 1.84 bits per heavy atom. The molecule has 0 saturated carbocycles. The standard InChI is InChI=1S/C24H24FN3O3S/c1-32-13-10-21(24(30)31)28-23(29)18-4-2-16(3-5-18)14-19(15-22-26-11-12-27-22)17-6-8-20(25)9-7-17/h2-9,11-12,14,21H,10,13,15H2,1H3,(H,26,27)(H,28,29)(H,30,31)/t21-/m0/s1. The molecule has 1 amide bonds. The van der Waals surface area contributed by atoms with Crippen molar-refractivity contribution in [3.05, 3.63) is 89.3 Å². The van der Waals surface area contributed by atoms with Gasteiger partial charge in [-0.25, -0.2) is 14.2 Å². The highest BCUT2D eigenvalue weighted by molar-refractivity contribution is 7.98. The summed E-state index contributed by atoms with van der Waals surface area (Å²) in [6, 6.07) is 12.2. The van der Waals surface area contributed by atoms with Crippen molar-refractivity contribution in [3.8, 4) is 0 Å². The molecular weight excluding hydrogens is 429 g/mol. The Hall–Kier alpha value is -3.39. The van der Waals surface area contributed by atoms with E-state index in [9.17, 15) is 19.1 Å². The highest BCUT2D eigenvalue weighted by Gasteiger charge is 2.20. The van der Waals surface area contributed by atoms with Crippen molar-refractivity contribution in [3.63, 3.8) is 0 Å². The predicted molar refractivity (Wildman–Crippen MR) is 125 cm³/mol. The van der Waals surface area contributed by atoms with Crippen molar-refractivity contribution < 1.29 is 19.1 Å². The van der Waals surface area contributed by atoms with E-state index in [0.29, 0.717) is 24.2 Å². The predicted octanol–water partition coefficient (Wildman–Crippen LogP) is 4.27. The van der Waals surface area contributed by atoms with Crippen molar-refractivity contribution in [1.82, 2.24) is 15.3 Å². The highest BCUT2D eigenvalue weighted by Crippen LogP contribution is 2.22. The number of nitrogens with zero attached hydrogens (tertiary/aromatic N) is 1. The normalized spacial score (nSPS) is 12.4. The Kier molecular flexibility index (Phi) is 8.21. The largest absolute Gasteiger partial charge is 0.480 e. The molecule has 3 rings (SSSR count). The lowest BCUT2D eigenvalue weighted by atomic mass is 9.99. The average Bonchev–Trinajstić information content (AvgIpc) is 3.30. The second-order valence-electron chi connectivity index (χ2n) is 7.16. The molecule has 0 fully saturated rings. The second-order valence-corrected chi connectivity index (χ2v) is 8.14. The summed E-state index contributed by atoms with van der Waals surface area (Å²) in [5.74, 6) is -0.361. The van der Waals surface area contributed by atoms with Gasteiger partial charge < -0.3 is 15.4 Å². The Bertz CT molecular complexity index is 1060. The maximum absolute atomic E-state index is 13.4. The van der Waals surface area contributed by atoms with Gasteiger partial charge in [-0.05, 0) is 59.4 Å². The van der Waals surface area contributed by atoms with Gasteiger partial charge in [-0.2, -0.15) is 11.8 Å². The number of amides is 1. The van der Waals surface area contributed by atoms with Gasteiger partial charge in [-0.15, -0.1) is 0 Å². The van der Waals surface area contributed by atoms with Gasteiger partial charge in [0.15, 0.2) is 0 Å². The summed E-state index contributed by atoms with van der Waals surface area (Å²) in [6.07, 6.45) is 8.14. The van der Waals surface area contributed by atoms with E-state index < -0.39 is 17.9 Å². The van der Waals surface area contributed by atoms with Crippen LogP contribution < -0.4 is 5.32 Å². The van der Waals surface area contributed by atoms with Crippen LogP contribution in [0.4, 0.5) is 4.39 Å². The van der Waals surface area contributed by atoms with Gasteiger partial charge in [0.1, 0.15) is 17.7 Å². The first-order valence-corrected chi connectivity index (χ1v) is 11.4. The third-order valence-corrected chi connectivity index (χ3v) is 5.50. The molecule has 1 heterocycles. The number of carboxylic acids is 1. The number of halogens is 1. The molecule has 0 saturated heterocycles. The third kappa shape index (κ3) is 6.55. The van der Waals surface area contributed by atoms with Gasteiger partial charge in [-0.3, -0.25) is 4.79 Å². The Labute approximate surface area is 190 Å². The molecule has 1 aromatic heterocycles. The molecule has 0 aliphatic heterocycles. The number of hydrogen-bond donors (Lipinski definition) is 3. The van der Waals surface area contributed by atoms with Gasteiger partial charge in [0.25, 0.3) is 5.91 Å². The minimum Gasteiger partial charge on any atom is -0.480 e. The monoisotopic (exact) mass is 453 g/mol. The summed E-state index contributed by atoms with van der Waals surface area (Å²) in [7, 11) is 0. The second kappa shape index (κ2) is 11.3. The maximum atomic E-state index is 13.4. The molecule has 0 spiro atoms. The summed E-state index contributed by atoms with van der Waals surface area (Å²) in [4.78, 5) is 31.2. The number of H-pyrrole nitrogens is 1. The molecule has 2 aromatic carbocycles. The van der Waals surface area contributed by atoms with Crippen LogP contribution in [0.5, 0.6) is 0 Å². The molecule has 0 aliphatic rings. The molecule has 0 aliphatic carbocycles. The van der Waals surface area contributed by atoms with Crippen molar-refractivity contribution in [2.45, 2.75) is 18.9 Å². The number of allylic oxidation sites excluding steroid dienone is 1. The Morgan fingerprint density at radius 1 is 1.16 bits per heavy atom. The van der Waals surface area contributed by atoms with E-state index in [1.807, 2.05) is 12.3 Å². The van der Waals surface area contributed by atoms with Crippen LogP contribution >= 0.6 is 11.8 Å². The SMILES string of the molecule is CSCC[C@H](NC(=O)c1ccc(C=C(Cc2ncc[nH]2)c2ccc(F)cc2)cc1)C(=O)O. The molecule has 0 unspecified atom stereocenters. The number of aromatic nitrogens is 2. The van der Waals surface area contributed by atoms with E-state index in [0.717, 1.165) is 22.5 Å². The lowest BCUT2D eigenvalue weighted by Gasteiger charge is -2.14. The molecule has 3 aromatic rings. The third-order valence-electron chi connectivity index (χ3n) is 4.86. The number of carbonyl (C=O) groups is 2. The smallest absolute Gasteiger partial charge is 0.326 e. The van der Waals surface area contributed by atoms with E-state index in [2.05, 4.69) is 15.3 Å². The van der Waals surface area contributed by atoms with Crippen LogP contribution in [0.2, 0.25) is 0 Å². The van der Waals surface area contributed by atoms with Crippen LogP contribution in [0.15, 0.2) is 60.9 Å². The number of carboxylic acid groups (broad SMARTS) is 1. The fourth-order valence-electron chi connectivity index (χ4n) is 3.14. The molecule has 166 valence electrons. The maximum Gasteiger partial charge on any atom is 0.326 e. The molecular formula is C24H24FN3O3S. The fraction of sp³-hybridized carbons (Fsp3) is 0.208. The number of carbonyl (C=O) groups excluding carboxylic acids is 1. The van der Waals surface area contributed by atoms with E-state index in [-0.39, 0.29) is 5.82 Å². The first-order chi connectivity index (χ1) is 15.5. The number of hydrogen-bond acceptors (Lipinski definition) is 4. The van der Waals surface area contributed by atoms with Gasteiger partial charge in [0.05, 0.1) is 0 Å². The summed E-state index contributed by atoms with van der Waals surface area (Å²) in [5, 5.41) is 11.9. The molecule has 3 N–H and O–H groups in total. The van der Waals surface area contributed by atoms with E-state index in [4.69, 9.17) is 0 Å². The highest BCUT2D eigenvalue weighted by atomic mass is 32.2. The number of nitrogens with one attached hydrogen (secondary N) is 2. The number of benzene rings is 2. The lowest BCUT2D eigenvalue weighted by molar-refractivity contribution is -0.139. The van der Waals surface area contributed by atoms with Gasteiger partial charge in [0.2, 0.25) is 0 Å². The number of aromatic amines is 1. The van der Waals surface area contributed by atoms with Gasteiger partial charge in [0, 0.05) is 24.4 Å². The molecule has 8 heteroatoms. The van der Waals surface area contributed by atoms with Crippen LogP contribution in [0, 0.1) is 5.82 Å². The zero-order valence-corrected chi connectivity index (χ0v) is 18.4. The molecule has 6 nitrogen and oxygen atoms in total. The zero-order valence-electron chi connectivity index (χ0n) is 17.5. The van der Waals surface area contributed by atoms with Crippen molar-refractivity contribution in [1.29, 1.82) is 0 Å². The average molecular weight is 454 g/mol. The van der Waals surface area contributed by atoms with Crippen LogP contribution in [0.1, 0.15) is 33.7 Å². The first-order valence-electron chi connectivity index (χ1n) is 10.0. The zero-order chi connectivity index (χ0) is 22.9. The molecule has 1 atom stereocenters. The van der Waals surface area contributed by atoms with Crippen LogP contribution in [0.3, 0.4) is 0 Å². The van der Waals surface area contributed by atoms with Crippen molar-refractivity contribution in [2.24, 2.45) is 0 Å². The number of imidazole rings is 1. The number of thioether (sulfide) groups is 1. The van der Waals surface area contributed by atoms with Crippen LogP contribution in [-0.4, -0.2) is 45.0 Å². The van der Waals surface area contributed by atoms with E-state index in [1.54, 1.807) is 48.8 Å². The van der Waals surface area contributed by atoms with Gasteiger partial charge >= 0.3 is 5.97 Å². The summed E-state index contributed by atoms with van der Waals surface area (Å²) < 4.78 is 13.4. The van der Waals surface area contributed by atoms with Crippen molar-refractivity contribution in [2.75, 3.05) is 12.0 Å². The van der Waals surface area contributed by atoms with E-state index in [1.165, 1.54) is 23.9 Å². The quantitative estimate of drug-likeness (QED) is 0.399. The number of aliphatic carboxylic acids is 1. The minimum atomic E-state index is -1.05. The molecule has 0 bridgehead atoms. The van der Waals surface area contributed by atoms with Crippen LogP contribution in [0.25, 0.3) is 11.6 Å². The first kappa shape index (κ1) is 23.3. The Morgan fingerprint density at radius 3 is 2.44 bits per heavy atom. The van der Waals surface area contributed by atoms with Gasteiger partial charge in [-0.1, -0.05) is 30.3 Å². The number of rotatable bonds is 10. The molecule has 0 radical (unpaired) electrons. The Balaban J connectivity index is 1.79. The lowest BCUT2D eigenvalue weighted by Crippen LogP contribution is -2.41. The summed E-state index contributed by atoms with van der Waals surface area (Å²) in [5.41, 5.74) is 3.03. The fourth-order valence-corrected chi connectivity index (χ4v) is 3.61.